The van der Waals surface area contributed by atoms with Gasteiger partial charge in [-0.25, -0.2) is 0 Å². The van der Waals surface area contributed by atoms with Crippen LogP contribution in [0.3, 0.4) is 0 Å². The lowest BCUT2D eigenvalue weighted by Crippen LogP contribution is -2.31. The molecule has 0 heterocycles. The van der Waals surface area contributed by atoms with Gasteiger partial charge in [0.25, 0.3) is 0 Å². The Labute approximate surface area is 178 Å². The predicted molar refractivity (Wildman–Crippen MR) is 122 cm³/mol. The zero-order valence-electron chi connectivity index (χ0n) is 17.6. The van der Waals surface area contributed by atoms with Crippen LogP contribution >= 0.6 is 0 Å². The minimum absolute atomic E-state index is 0.0982. The summed E-state index contributed by atoms with van der Waals surface area (Å²) in [6.45, 7) is 5.23. The molecule has 30 heavy (non-hydrogen) atoms. The van der Waals surface area contributed by atoms with E-state index in [4.69, 9.17) is 10.8 Å². The third-order valence-corrected chi connectivity index (χ3v) is 4.98. The number of nitrogens with one attached hydrogen (secondary N) is 1. The van der Waals surface area contributed by atoms with Crippen LogP contribution < -0.4 is 11.1 Å². The molecule has 0 aliphatic carbocycles. The van der Waals surface area contributed by atoms with Crippen molar-refractivity contribution >= 4 is 0 Å². The highest BCUT2D eigenvalue weighted by molar-refractivity contribution is 5.41. The molecule has 0 saturated heterocycles. The van der Waals surface area contributed by atoms with Gasteiger partial charge in [-0.1, -0.05) is 73.7 Å². The molecule has 0 saturated carbocycles. The van der Waals surface area contributed by atoms with E-state index in [1.54, 1.807) is 6.07 Å². The molecule has 5 nitrogen and oxygen atoms in total. The molecule has 0 aliphatic heterocycles. The Balaban J connectivity index is 0.000000214. The minimum atomic E-state index is -0.698. The Bertz CT molecular complexity index is 833. The van der Waals surface area contributed by atoms with Crippen molar-refractivity contribution in [2.75, 3.05) is 13.1 Å². The fourth-order valence-electron chi connectivity index (χ4n) is 3.28. The molecule has 0 radical (unpaired) electrons. The Morgan fingerprint density at radius 3 is 1.77 bits per heavy atom. The zero-order valence-corrected chi connectivity index (χ0v) is 17.6. The summed E-state index contributed by atoms with van der Waals surface area (Å²) in [5.41, 5.74) is 8.99. The first-order valence-electron chi connectivity index (χ1n) is 10.2. The first-order valence-corrected chi connectivity index (χ1v) is 10.2. The summed E-state index contributed by atoms with van der Waals surface area (Å²) in [4.78, 5) is 0. The Morgan fingerprint density at radius 2 is 1.33 bits per heavy atom. The monoisotopic (exact) mass is 408 g/mol. The summed E-state index contributed by atoms with van der Waals surface area (Å²) < 4.78 is 0. The van der Waals surface area contributed by atoms with E-state index in [9.17, 15) is 10.2 Å². The number of aliphatic hydroxyl groups is 1. The first-order chi connectivity index (χ1) is 14.5. The average molecular weight is 409 g/mol. The smallest absolute Gasteiger partial charge is 0.157 e. The van der Waals surface area contributed by atoms with E-state index in [0.717, 1.165) is 6.54 Å². The van der Waals surface area contributed by atoms with Gasteiger partial charge < -0.3 is 26.4 Å². The van der Waals surface area contributed by atoms with Crippen LogP contribution in [0.1, 0.15) is 42.6 Å². The number of aromatic hydroxyl groups is 2. The fourth-order valence-corrected chi connectivity index (χ4v) is 3.28. The van der Waals surface area contributed by atoms with Crippen molar-refractivity contribution in [3.63, 3.8) is 0 Å². The predicted octanol–water partition coefficient (Wildman–Crippen LogP) is 3.91. The molecule has 2 atom stereocenters. The first kappa shape index (κ1) is 23.4. The standard InChI is InChI=1S/C14H15N.C11H17NO3/c15-11-14(12-7-3-1-4-8-12)13-9-5-2-6-10-13;1-3-12-7(2)11(15)8-4-5-9(13)10(14)6-8/h1-10,14H,11,15H2;4-7,11-15H,3H2,1-2H3. The molecule has 0 aliphatic rings. The van der Waals surface area contributed by atoms with Gasteiger partial charge in [0, 0.05) is 18.5 Å². The van der Waals surface area contributed by atoms with Crippen LogP contribution in [0.15, 0.2) is 78.9 Å². The second-order valence-electron chi connectivity index (χ2n) is 7.15. The molecule has 3 rings (SSSR count). The van der Waals surface area contributed by atoms with Gasteiger partial charge in [-0.2, -0.15) is 0 Å². The number of likely N-dealkylation sites (N-methyl/N-ethyl adjacent to an activating group) is 1. The molecule has 3 aromatic rings. The minimum Gasteiger partial charge on any atom is -0.504 e. The molecule has 3 aromatic carbocycles. The van der Waals surface area contributed by atoms with Gasteiger partial charge in [-0.15, -0.1) is 0 Å². The Kier molecular flexibility index (Phi) is 9.35. The molecule has 160 valence electrons. The van der Waals surface area contributed by atoms with Gasteiger partial charge in [0.2, 0.25) is 0 Å². The summed E-state index contributed by atoms with van der Waals surface area (Å²) in [5, 5.41) is 31.4. The summed E-state index contributed by atoms with van der Waals surface area (Å²) in [6.07, 6.45) is -0.698. The van der Waals surface area contributed by atoms with E-state index < -0.39 is 6.10 Å². The third-order valence-electron chi connectivity index (χ3n) is 4.98. The number of nitrogens with two attached hydrogens (primary N) is 1. The van der Waals surface area contributed by atoms with Crippen LogP contribution in [-0.4, -0.2) is 34.5 Å². The van der Waals surface area contributed by atoms with Crippen LogP contribution in [-0.2, 0) is 0 Å². The highest BCUT2D eigenvalue weighted by Crippen LogP contribution is 2.28. The van der Waals surface area contributed by atoms with Crippen molar-refractivity contribution in [3.05, 3.63) is 95.6 Å². The summed E-state index contributed by atoms with van der Waals surface area (Å²) in [5.74, 6) is -0.0790. The van der Waals surface area contributed by atoms with Gasteiger partial charge in [0.05, 0.1) is 6.10 Å². The van der Waals surface area contributed by atoms with Crippen molar-refractivity contribution in [1.82, 2.24) is 5.32 Å². The van der Waals surface area contributed by atoms with Crippen molar-refractivity contribution in [2.24, 2.45) is 5.73 Å². The van der Waals surface area contributed by atoms with Gasteiger partial charge in [0.15, 0.2) is 11.5 Å². The number of aliphatic hydroxyl groups excluding tert-OH is 1. The number of phenolic OH excluding ortho intramolecular Hbond substituents is 2. The number of rotatable bonds is 7. The van der Waals surface area contributed by atoms with Gasteiger partial charge in [0.1, 0.15) is 0 Å². The Hall–Kier alpha value is -2.86. The summed E-state index contributed by atoms with van der Waals surface area (Å²) in [6, 6.07) is 25.0. The lowest BCUT2D eigenvalue weighted by Gasteiger charge is -2.20. The molecule has 0 fully saturated rings. The molecule has 5 heteroatoms. The average Bonchev–Trinajstić information content (AvgIpc) is 2.78. The van der Waals surface area contributed by atoms with E-state index in [1.165, 1.54) is 23.3 Å². The highest BCUT2D eigenvalue weighted by atomic mass is 16.3. The van der Waals surface area contributed by atoms with Crippen LogP contribution in [0.25, 0.3) is 0 Å². The molecule has 6 N–H and O–H groups in total. The molecule has 0 amide bonds. The van der Waals surface area contributed by atoms with Crippen molar-refractivity contribution in [3.8, 4) is 11.5 Å². The van der Waals surface area contributed by atoms with Crippen LogP contribution in [0.2, 0.25) is 0 Å². The quantitative estimate of drug-likeness (QED) is 0.382. The SMILES string of the molecule is CCNC(C)C(O)c1ccc(O)c(O)c1.NCC(c1ccccc1)c1ccccc1. The number of hydrogen-bond donors (Lipinski definition) is 5. The largest absolute Gasteiger partial charge is 0.504 e. The second-order valence-corrected chi connectivity index (χ2v) is 7.15. The Morgan fingerprint density at radius 1 is 0.800 bits per heavy atom. The number of hydrogen-bond acceptors (Lipinski definition) is 5. The topological polar surface area (TPSA) is 98.7 Å². The van der Waals surface area contributed by atoms with Crippen molar-refractivity contribution in [1.29, 1.82) is 0 Å². The molecule has 0 bridgehead atoms. The summed E-state index contributed by atoms with van der Waals surface area (Å²) >= 11 is 0. The summed E-state index contributed by atoms with van der Waals surface area (Å²) in [7, 11) is 0. The van der Waals surface area contributed by atoms with E-state index in [2.05, 4.69) is 53.8 Å². The second kappa shape index (κ2) is 12.0. The third kappa shape index (κ3) is 6.59. The van der Waals surface area contributed by atoms with Gasteiger partial charge in [-0.05, 0) is 42.3 Å². The fraction of sp³-hybridized carbons (Fsp3) is 0.280. The number of phenols is 2. The lowest BCUT2D eigenvalue weighted by molar-refractivity contribution is 0.137. The normalized spacial score (nSPS) is 12.7. The molecule has 0 aromatic heterocycles. The van der Waals surface area contributed by atoms with Crippen LogP contribution in [0.5, 0.6) is 11.5 Å². The lowest BCUT2D eigenvalue weighted by atomic mass is 9.92. The molecule has 0 spiro atoms. The molecular weight excluding hydrogens is 376 g/mol. The maximum absolute atomic E-state index is 9.88. The highest BCUT2D eigenvalue weighted by Gasteiger charge is 2.16. The van der Waals surface area contributed by atoms with E-state index in [1.807, 2.05) is 26.0 Å². The van der Waals surface area contributed by atoms with Crippen LogP contribution in [0, 0.1) is 0 Å². The van der Waals surface area contributed by atoms with Crippen molar-refractivity contribution < 1.29 is 15.3 Å². The van der Waals surface area contributed by atoms with Crippen LogP contribution in [0.4, 0.5) is 0 Å². The van der Waals surface area contributed by atoms with E-state index in [-0.39, 0.29) is 17.5 Å². The van der Waals surface area contributed by atoms with E-state index >= 15 is 0 Å². The van der Waals surface area contributed by atoms with E-state index in [0.29, 0.717) is 18.0 Å². The van der Waals surface area contributed by atoms with Gasteiger partial charge in [-0.3, -0.25) is 0 Å². The molecule has 2 unspecified atom stereocenters. The molecular formula is C25H32N2O3. The van der Waals surface area contributed by atoms with Gasteiger partial charge >= 0.3 is 0 Å². The zero-order chi connectivity index (χ0) is 21.9. The maximum Gasteiger partial charge on any atom is 0.157 e. The van der Waals surface area contributed by atoms with Crippen molar-refractivity contribution in [2.45, 2.75) is 31.9 Å². The number of benzene rings is 3. The maximum atomic E-state index is 9.88.